The standard InChI is InChI=1S/C12H24N2O2/c1-9-7-10(5-6-16-9)14-8-12(2,3)11(15)13-4/h9-10,14H,5-8H2,1-4H3,(H,13,15). The molecule has 0 bridgehead atoms. The number of nitrogens with one attached hydrogen (secondary N) is 2. The maximum absolute atomic E-state index is 11.6. The van der Waals surface area contributed by atoms with Crippen molar-refractivity contribution in [3.63, 3.8) is 0 Å². The van der Waals surface area contributed by atoms with Crippen LogP contribution in [0, 0.1) is 5.41 Å². The minimum absolute atomic E-state index is 0.0834. The monoisotopic (exact) mass is 228 g/mol. The summed E-state index contributed by atoms with van der Waals surface area (Å²) in [6.45, 7) is 7.55. The van der Waals surface area contributed by atoms with Crippen molar-refractivity contribution < 1.29 is 9.53 Å². The Morgan fingerprint density at radius 1 is 1.50 bits per heavy atom. The van der Waals surface area contributed by atoms with Gasteiger partial charge >= 0.3 is 0 Å². The lowest BCUT2D eigenvalue weighted by Crippen LogP contribution is -2.47. The number of carbonyl (C=O) groups excluding carboxylic acids is 1. The average molecular weight is 228 g/mol. The summed E-state index contributed by atoms with van der Waals surface area (Å²) < 4.78 is 5.49. The van der Waals surface area contributed by atoms with Crippen LogP contribution in [0.3, 0.4) is 0 Å². The highest BCUT2D eigenvalue weighted by molar-refractivity contribution is 5.81. The molecule has 1 saturated heterocycles. The van der Waals surface area contributed by atoms with E-state index in [0.717, 1.165) is 19.4 Å². The highest BCUT2D eigenvalue weighted by Crippen LogP contribution is 2.17. The molecule has 0 radical (unpaired) electrons. The third-order valence-corrected chi connectivity index (χ3v) is 3.16. The Kier molecular flexibility index (Phi) is 4.74. The zero-order valence-electron chi connectivity index (χ0n) is 10.8. The highest BCUT2D eigenvalue weighted by atomic mass is 16.5. The van der Waals surface area contributed by atoms with Gasteiger partial charge in [0.2, 0.25) is 5.91 Å². The van der Waals surface area contributed by atoms with Crippen molar-refractivity contribution in [1.82, 2.24) is 10.6 Å². The number of amides is 1. The van der Waals surface area contributed by atoms with Crippen molar-refractivity contribution in [2.45, 2.75) is 45.8 Å². The molecule has 4 heteroatoms. The van der Waals surface area contributed by atoms with Crippen LogP contribution in [-0.4, -0.2) is 38.3 Å². The SMILES string of the molecule is CNC(=O)C(C)(C)CNC1CCOC(C)C1. The minimum atomic E-state index is -0.351. The zero-order valence-corrected chi connectivity index (χ0v) is 10.8. The molecule has 0 aromatic carbocycles. The molecule has 4 nitrogen and oxygen atoms in total. The molecular formula is C12H24N2O2. The Morgan fingerprint density at radius 3 is 2.75 bits per heavy atom. The van der Waals surface area contributed by atoms with E-state index >= 15 is 0 Å². The molecule has 2 N–H and O–H groups in total. The fourth-order valence-corrected chi connectivity index (χ4v) is 2.00. The fraction of sp³-hybridized carbons (Fsp3) is 0.917. The third-order valence-electron chi connectivity index (χ3n) is 3.16. The Hall–Kier alpha value is -0.610. The van der Waals surface area contributed by atoms with Crippen LogP contribution in [0.5, 0.6) is 0 Å². The topological polar surface area (TPSA) is 50.4 Å². The molecule has 0 saturated carbocycles. The van der Waals surface area contributed by atoms with Crippen LogP contribution in [0.4, 0.5) is 0 Å². The lowest BCUT2D eigenvalue weighted by molar-refractivity contribution is -0.128. The summed E-state index contributed by atoms with van der Waals surface area (Å²) >= 11 is 0. The third kappa shape index (κ3) is 3.76. The van der Waals surface area contributed by atoms with Gasteiger partial charge in [-0.05, 0) is 33.6 Å². The Balaban J connectivity index is 2.35. The smallest absolute Gasteiger partial charge is 0.226 e. The summed E-state index contributed by atoms with van der Waals surface area (Å²) in [5.74, 6) is 0.0834. The maximum Gasteiger partial charge on any atom is 0.226 e. The van der Waals surface area contributed by atoms with E-state index in [4.69, 9.17) is 4.74 Å². The predicted octanol–water partition coefficient (Wildman–Crippen LogP) is 0.916. The number of hydrogen-bond donors (Lipinski definition) is 2. The molecule has 0 aliphatic carbocycles. The molecule has 16 heavy (non-hydrogen) atoms. The summed E-state index contributed by atoms with van der Waals surface area (Å²) in [5, 5.41) is 6.16. The van der Waals surface area contributed by atoms with E-state index in [9.17, 15) is 4.79 Å². The second-order valence-electron chi connectivity index (χ2n) is 5.25. The Morgan fingerprint density at radius 2 is 2.19 bits per heavy atom. The van der Waals surface area contributed by atoms with Gasteiger partial charge < -0.3 is 15.4 Å². The molecule has 1 aliphatic heterocycles. The minimum Gasteiger partial charge on any atom is -0.378 e. The van der Waals surface area contributed by atoms with Gasteiger partial charge in [-0.2, -0.15) is 0 Å². The predicted molar refractivity (Wildman–Crippen MR) is 64.3 cm³/mol. The number of carbonyl (C=O) groups is 1. The van der Waals surface area contributed by atoms with E-state index < -0.39 is 0 Å². The average Bonchev–Trinajstić information content (AvgIpc) is 2.25. The van der Waals surface area contributed by atoms with Crippen LogP contribution in [0.1, 0.15) is 33.6 Å². The molecule has 1 aliphatic rings. The van der Waals surface area contributed by atoms with E-state index in [1.807, 2.05) is 13.8 Å². The first kappa shape index (κ1) is 13.5. The van der Waals surface area contributed by atoms with Crippen molar-refractivity contribution in [2.24, 2.45) is 5.41 Å². The second kappa shape index (κ2) is 5.64. The first-order valence-electron chi connectivity index (χ1n) is 6.03. The van der Waals surface area contributed by atoms with Crippen molar-refractivity contribution in [3.8, 4) is 0 Å². The van der Waals surface area contributed by atoms with Crippen LogP contribution in [0.25, 0.3) is 0 Å². The van der Waals surface area contributed by atoms with Gasteiger partial charge in [0.1, 0.15) is 0 Å². The van der Waals surface area contributed by atoms with Crippen LogP contribution in [-0.2, 0) is 9.53 Å². The van der Waals surface area contributed by atoms with Gasteiger partial charge in [0.05, 0.1) is 11.5 Å². The largest absolute Gasteiger partial charge is 0.378 e. The van der Waals surface area contributed by atoms with Crippen LogP contribution >= 0.6 is 0 Å². The van der Waals surface area contributed by atoms with E-state index in [0.29, 0.717) is 18.7 Å². The molecule has 1 fully saturated rings. The van der Waals surface area contributed by atoms with Gasteiger partial charge in [0.15, 0.2) is 0 Å². The number of hydrogen-bond acceptors (Lipinski definition) is 3. The highest BCUT2D eigenvalue weighted by Gasteiger charge is 2.28. The molecule has 1 rings (SSSR count). The molecule has 2 unspecified atom stereocenters. The molecule has 0 aromatic rings. The van der Waals surface area contributed by atoms with Gasteiger partial charge in [-0.25, -0.2) is 0 Å². The second-order valence-corrected chi connectivity index (χ2v) is 5.25. The molecule has 0 spiro atoms. The zero-order chi connectivity index (χ0) is 12.2. The van der Waals surface area contributed by atoms with Crippen molar-refractivity contribution in [1.29, 1.82) is 0 Å². The first-order valence-corrected chi connectivity index (χ1v) is 6.03. The van der Waals surface area contributed by atoms with Crippen LogP contribution in [0.15, 0.2) is 0 Å². The Bertz CT molecular complexity index is 241. The summed E-state index contributed by atoms with van der Waals surface area (Å²) in [7, 11) is 1.68. The molecule has 94 valence electrons. The van der Waals surface area contributed by atoms with Gasteiger partial charge in [0, 0.05) is 26.2 Å². The maximum atomic E-state index is 11.6. The van der Waals surface area contributed by atoms with Gasteiger partial charge in [-0.1, -0.05) is 0 Å². The molecule has 1 amide bonds. The summed E-state index contributed by atoms with van der Waals surface area (Å²) in [6, 6.07) is 0.479. The summed E-state index contributed by atoms with van der Waals surface area (Å²) in [6.07, 6.45) is 2.40. The quantitative estimate of drug-likeness (QED) is 0.752. The normalized spacial score (nSPS) is 26.5. The van der Waals surface area contributed by atoms with Gasteiger partial charge in [0.25, 0.3) is 0 Å². The van der Waals surface area contributed by atoms with Crippen molar-refractivity contribution in [3.05, 3.63) is 0 Å². The number of rotatable bonds is 4. The lowest BCUT2D eigenvalue weighted by atomic mass is 9.91. The first-order chi connectivity index (χ1) is 7.45. The lowest BCUT2D eigenvalue weighted by Gasteiger charge is -2.31. The Labute approximate surface area is 98.1 Å². The summed E-state index contributed by atoms with van der Waals surface area (Å²) in [4.78, 5) is 11.6. The van der Waals surface area contributed by atoms with E-state index in [1.165, 1.54) is 0 Å². The van der Waals surface area contributed by atoms with Crippen LogP contribution < -0.4 is 10.6 Å². The molecule has 1 heterocycles. The number of ether oxygens (including phenoxy) is 1. The fourth-order valence-electron chi connectivity index (χ4n) is 2.00. The van der Waals surface area contributed by atoms with Crippen molar-refractivity contribution >= 4 is 5.91 Å². The van der Waals surface area contributed by atoms with Gasteiger partial charge in [-0.3, -0.25) is 4.79 Å². The van der Waals surface area contributed by atoms with E-state index in [-0.39, 0.29) is 11.3 Å². The van der Waals surface area contributed by atoms with Crippen molar-refractivity contribution in [2.75, 3.05) is 20.2 Å². The van der Waals surface area contributed by atoms with E-state index in [2.05, 4.69) is 17.6 Å². The van der Waals surface area contributed by atoms with Gasteiger partial charge in [-0.15, -0.1) is 0 Å². The van der Waals surface area contributed by atoms with E-state index in [1.54, 1.807) is 7.05 Å². The molecular weight excluding hydrogens is 204 g/mol. The summed E-state index contributed by atoms with van der Waals surface area (Å²) in [5.41, 5.74) is -0.351. The molecule has 0 aromatic heterocycles. The van der Waals surface area contributed by atoms with Crippen LogP contribution in [0.2, 0.25) is 0 Å². The molecule has 2 atom stereocenters.